The Labute approximate surface area is 122 Å². The highest BCUT2D eigenvalue weighted by Crippen LogP contribution is 2.08. The fourth-order valence-electron chi connectivity index (χ4n) is 2.45. The molecule has 3 heterocycles. The molecule has 0 atom stereocenters. The Morgan fingerprint density at radius 3 is 2.76 bits per heavy atom. The van der Waals surface area contributed by atoms with Crippen LogP contribution in [-0.4, -0.2) is 79.7 Å². The maximum absolute atomic E-state index is 12.4. The number of nitrogens with zero attached hydrogens (tertiary/aromatic N) is 6. The minimum absolute atomic E-state index is 0.146. The van der Waals surface area contributed by atoms with E-state index < -0.39 is 0 Å². The number of carbonyl (C=O) groups is 1. The minimum atomic E-state index is -0.163. The molecule has 0 saturated carbocycles. The van der Waals surface area contributed by atoms with E-state index in [0.717, 1.165) is 18.8 Å². The summed E-state index contributed by atoms with van der Waals surface area (Å²) in [5, 5.41) is 13.2. The number of aromatic nitrogens is 4. The number of fused-ring (bicyclic) bond motifs is 1. The van der Waals surface area contributed by atoms with Crippen molar-refractivity contribution in [3.8, 4) is 0 Å². The van der Waals surface area contributed by atoms with Gasteiger partial charge in [-0.2, -0.15) is 4.98 Å². The van der Waals surface area contributed by atoms with Gasteiger partial charge in [0.2, 0.25) is 5.82 Å². The largest absolute Gasteiger partial charge is 0.395 e. The number of rotatable bonds is 3. The molecule has 8 nitrogen and oxygen atoms in total. The van der Waals surface area contributed by atoms with Gasteiger partial charge in [-0.3, -0.25) is 9.69 Å². The number of β-amino-alcohol motifs (C(OH)–C–C–N with tert-alkyl or cyclic N) is 1. The molecule has 0 aromatic carbocycles. The Morgan fingerprint density at radius 1 is 1.33 bits per heavy atom. The number of aliphatic hydroxyl groups is 1. The molecule has 112 valence electrons. The maximum atomic E-state index is 12.4. The minimum Gasteiger partial charge on any atom is -0.395 e. The van der Waals surface area contributed by atoms with Crippen molar-refractivity contribution in [3.05, 3.63) is 23.8 Å². The van der Waals surface area contributed by atoms with Crippen molar-refractivity contribution in [1.82, 2.24) is 29.4 Å². The number of aryl methyl sites for hydroxylation is 1. The van der Waals surface area contributed by atoms with E-state index in [2.05, 4.69) is 20.0 Å². The molecule has 2 aromatic heterocycles. The molecule has 1 N–H and O–H groups in total. The standard InChI is InChI=1S/C13H18N6O2/c1-10-2-3-14-13-15-11(16-19(10)13)12(21)18-6-4-17(5-7-18)8-9-20/h2-3,20H,4-9H2,1H3. The van der Waals surface area contributed by atoms with E-state index in [4.69, 9.17) is 5.11 Å². The van der Waals surface area contributed by atoms with Crippen LogP contribution in [0.4, 0.5) is 0 Å². The van der Waals surface area contributed by atoms with Crippen LogP contribution >= 0.6 is 0 Å². The first kappa shape index (κ1) is 13.9. The smallest absolute Gasteiger partial charge is 0.293 e. The lowest BCUT2D eigenvalue weighted by atomic mass is 10.3. The molecule has 0 radical (unpaired) electrons. The van der Waals surface area contributed by atoms with Crippen LogP contribution in [0.1, 0.15) is 16.3 Å². The molecule has 3 rings (SSSR count). The zero-order valence-corrected chi connectivity index (χ0v) is 11.9. The summed E-state index contributed by atoms with van der Waals surface area (Å²) in [5.74, 6) is 0.466. The SMILES string of the molecule is Cc1ccnc2nc(C(=O)N3CCN(CCO)CC3)nn12. The van der Waals surface area contributed by atoms with Crippen molar-refractivity contribution in [2.75, 3.05) is 39.3 Å². The molecule has 0 unspecified atom stereocenters. The van der Waals surface area contributed by atoms with Gasteiger partial charge >= 0.3 is 0 Å². The van der Waals surface area contributed by atoms with Crippen LogP contribution in [0.5, 0.6) is 0 Å². The van der Waals surface area contributed by atoms with Crippen LogP contribution < -0.4 is 0 Å². The lowest BCUT2D eigenvalue weighted by molar-refractivity contribution is 0.0603. The Hall–Kier alpha value is -2.06. The van der Waals surface area contributed by atoms with Gasteiger partial charge in [0.05, 0.1) is 6.61 Å². The lowest BCUT2D eigenvalue weighted by Crippen LogP contribution is -2.49. The highest BCUT2D eigenvalue weighted by atomic mass is 16.3. The van der Waals surface area contributed by atoms with Crippen LogP contribution in [-0.2, 0) is 0 Å². The molecule has 0 bridgehead atoms. The van der Waals surface area contributed by atoms with Crippen LogP contribution in [0.3, 0.4) is 0 Å². The molecule has 8 heteroatoms. The molecular formula is C13H18N6O2. The maximum Gasteiger partial charge on any atom is 0.293 e. The van der Waals surface area contributed by atoms with E-state index in [1.807, 2.05) is 13.0 Å². The van der Waals surface area contributed by atoms with E-state index in [0.29, 0.717) is 25.4 Å². The van der Waals surface area contributed by atoms with Gasteiger partial charge < -0.3 is 10.0 Å². The first-order valence-corrected chi connectivity index (χ1v) is 7.00. The number of piperazine rings is 1. The molecule has 21 heavy (non-hydrogen) atoms. The van der Waals surface area contributed by atoms with Gasteiger partial charge in [-0.1, -0.05) is 0 Å². The van der Waals surface area contributed by atoms with Crippen molar-refractivity contribution in [1.29, 1.82) is 0 Å². The van der Waals surface area contributed by atoms with E-state index in [1.165, 1.54) is 0 Å². The van der Waals surface area contributed by atoms with Crippen LogP contribution in [0, 0.1) is 6.92 Å². The van der Waals surface area contributed by atoms with Crippen molar-refractivity contribution in [2.24, 2.45) is 0 Å². The first-order valence-electron chi connectivity index (χ1n) is 7.00. The second-order valence-corrected chi connectivity index (χ2v) is 5.09. The number of hydrogen-bond donors (Lipinski definition) is 1. The summed E-state index contributed by atoms with van der Waals surface area (Å²) in [6, 6.07) is 1.82. The molecular weight excluding hydrogens is 272 g/mol. The summed E-state index contributed by atoms with van der Waals surface area (Å²) in [6.07, 6.45) is 1.65. The van der Waals surface area contributed by atoms with Gasteiger partial charge in [-0.05, 0) is 13.0 Å². The van der Waals surface area contributed by atoms with E-state index >= 15 is 0 Å². The molecule has 0 aliphatic carbocycles. The van der Waals surface area contributed by atoms with Gasteiger partial charge in [0.15, 0.2) is 0 Å². The third-order valence-electron chi connectivity index (χ3n) is 3.70. The number of hydrogen-bond acceptors (Lipinski definition) is 6. The second-order valence-electron chi connectivity index (χ2n) is 5.09. The van der Waals surface area contributed by atoms with Crippen molar-refractivity contribution >= 4 is 11.7 Å². The van der Waals surface area contributed by atoms with Crippen LogP contribution in [0.15, 0.2) is 12.3 Å². The molecule has 1 saturated heterocycles. The molecule has 0 spiro atoms. The molecule has 1 amide bonds. The third-order valence-corrected chi connectivity index (χ3v) is 3.70. The van der Waals surface area contributed by atoms with Gasteiger partial charge in [0.1, 0.15) is 0 Å². The van der Waals surface area contributed by atoms with Crippen molar-refractivity contribution in [3.63, 3.8) is 0 Å². The third kappa shape index (κ3) is 2.72. The monoisotopic (exact) mass is 290 g/mol. The van der Waals surface area contributed by atoms with Crippen LogP contribution in [0.25, 0.3) is 5.78 Å². The summed E-state index contributed by atoms with van der Waals surface area (Å²) in [7, 11) is 0. The first-order chi connectivity index (χ1) is 10.2. The average Bonchev–Trinajstić information content (AvgIpc) is 2.93. The van der Waals surface area contributed by atoms with E-state index in [1.54, 1.807) is 15.6 Å². The number of amides is 1. The van der Waals surface area contributed by atoms with Gasteiger partial charge in [-0.15, -0.1) is 5.10 Å². The fourth-order valence-corrected chi connectivity index (χ4v) is 2.45. The average molecular weight is 290 g/mol. The topological polar surface area (TPSA) is 86.9 Å². The summed E-state index contributed by atoms with van der Waals surface area (Å²) < 4.78 is 1.58. The van der Waals surface area contributed by atoms with Gasteiger partial charge in [0, 0.05) is 44.6 Å². The van der Waals surface area contributed by atoms with Crippen molar-refractivity contribution < 1.29 is 9.90 Å². The zero-order valence-electron chi connectivity index (χ0n) is 11.9. The molecule has 1 aliphatic heterocycles. The lowest BCUT2D eigenvalue weighted by Gasteiger charge is -2.33. The zero-order chi connectivity index (χ0) is 14.8. The highest BCUT2D eigenvalue weighted by Gasteiger charge is 2.25. The Balaban J connectivity index is 1.74. The second kappa shape index (κ2) is 5.74. The Morgan fingerprint density at radius 2 is 2.10 bits per heavy atom. The predicted molar refractivity (Wildman–Crippen MR) is 74.9 cm³/mol. The van der Waals surface area contributed by atoms with Crippen molar-refractivity contribution in [2.45, 2.75) is 6.92 Å². The van der Waals surface area contributed by atoms with E-state index in [9.17, 15) is 4.79 Å². The normalized spacial score (nSPS) is 16.6. The molecule has 1 fully saturated rings. The Kier molecular flexibility index (Phi) is 3.80. The van der Waals surface area contributed by atoms with Gasteiger partial charge in [-0.25, -0.2) is 9.50 Å². The predicted octanol–water partition coefficient (Wildman–Crippen LogP) is -0.817. The van der Waals surface area contributed by atoms with Gasteiger partial charge in [0.25, 0.3) is 11.7 Å². The molecule has 2 aromatic rings. The van der Waals surface area contributed by atoms with E-state index in [-0.39, 0.29) is 18.3 Å². The summed E-state index contributed by atoms with van der Waals surface area (Å²) in [6.45, 7) is 5.46. The Bertz CT molecular complexity index is 647. The number of aliphatic hydroxyl groups excluding tert-OH is 1. The summed E-state index contributed by atoms with van der Waals surface area (Å²) >= 11 is 0. The highest BCUT2D eigenvalue weighted by molar-refractivity contribution is 5.91. The summed E-state index contributed by atoms with van der Waals surface area (Å²) in [5.41, 5.74) is 0.888. The quantitative estimate of drug-likeness (QED) is 0.795. The molecule has 1 aliphatic rings. The number of carbonyl (C=O) groups excluding carboxylic acids is 1. The summed E-state index contributed by atoms with van der Waals surface area (Å²) in [4.78, 5) is 24.6. The van der Waals surface area contributed by atoms with Crippen LogP contribution in [0.2, 0.25) is 0 Å². The fraction of sp³-hybridized carbons (Fsp3) is 0.538.